The van der Waals surface area contributed by atoms with Crippen LogP contribution < -0.4 is 10.6 Å². The number of aromatic nitrogens is 2. The predicted molar refractivity (Wildman–Crippen MR) is 109 cm³/mol. The number of aryl methyl sites for hydroxylation is 1. The predicted octanol–water partition coefficient (Wildman–Crippen LogP) is 4.73. The molecule has 0 aliphatic heterocycles. The van der Waals surface area contributed by atoms with E-state index in [1.54, 1.807) is 6.07 Å². The van der Waals surface area contributed by atoms with Crippen LogP contribution in [-0.4, -0.2) is 22.6 Å². The summed E-state index contributed by atoms with van der Waals surface area (Å²) in [6.45, 7) is 4.85. The zero-order chi connectivity index (χ0) is 19.1. The molecule has 0 radical (unpaired) electrons. The summed E-state index contributed by atoms with van der Waals surface area (Å²) in [5, 5.41) is 14.7. The van der Waals surface area contributed by atoms with Gasteiger partial charge in [0.05, 0.1) is 5.69 Å². The highest BCUT2D eigenvalue weighted by Crippen LogP contribution is 2.20. The third-order valence-electron chi connectivity index (χ3n) is 4.19. The quantitative estimate of drug-likeness (QED) is 0.598. The van der Waals surface area contributed by atoms with E-state index in [1.807, 2.05) is 42.5 Å². The Kier molecular flexibility index (Phi) is 6.15. The van der Waals surface area contributed by atoms with E-state index in [2.05, 4.69) is 46.8 Å². The fourth-order valence-electron chi connectivity index (χ4n) is 2.72. The second kappa shape index (κ2) is 8.94. The minimum absolute atomic E-state index is 0.0621. The molecular formula is C22H24N4O. The van der Waals surface area contributed by atoms with Crippen LogP contribution in [0.3, 0.4) is 0 Å². The summed E-state index contributed by atoms with van der Waals surface area (Å²) in [5.74, 6) is 0.572. The molecule has 2 aromatic carbocycles. The smallest absolute Gasteiger partial charge is 0.251 e. The second-order valence-electron chi connectivity index (χ2n) is 6.49. The molecule has 0 saturated carbocycles. The molecule has 27 heavy (non-hydrogen) atoms. The van der Waals surface area contributed by atoms with Gasteiger partial charge in [0.1, 0.15) is 0 Å². The maximum atomic E-state index is 12.2. The molecule has 1 heterocycles. The SMILES string of the molecule is CCCCNC(=O)c1cccc(Nc2ccc(-c3cccc(C)c3)nn2)c1. The Morgan fingerprint density at radius 2 is 1.85 bits per heavy atom. The molecule has 1 amide bonds. The molecule has 1 aromatic heterocycles. The lowest BCUT2D eigenvalue weighted by atomic mass is 10.1. The fraction of sp³-hybridized carbons (Fsp3) is 0.227. The first-order chi connectivity index (χ1) is 13.2. The van der Waals surface area contributed by atoms with Gasteiger partial charge in [-0.25, -0.2) is 0 Å². The molecule has 0 aliphatic carbocycles. The van der Waals surface area contributed by atoms with Gasteiger partial charge in [-0.15, -0.1) is 10.2 Å². The number of carbonyl (C=O) groups excluding carboxylic acids is 1. The molecule has 0 aliphatic rings. The number of nitrogens with zero attached hydrogens (tertiary/aromatic N) is 2. The average molecular weight is 360 g/mol. The van der Waals surface area contributed by atoms with Crippen LogP contribution in [-0.2, 0) is 0 Å². The molecule has 0 unspecified atom stereocenters. The lowest BCUT2D eigenvalue weighted by Gasteiger charge is -2.09. The molecule has 5 heteroatoms. The number of nitrogens with one attached hydrogen (secondary N) is 2. The fourth-order valence-corrected chi connectivity index (χ4v) is 2.72. The minimum atomic E-state index is -0.0621. The highest BCUT2D eigenvalue weighted by molar-refractivity contribution is 5.95. The van der Waals surface area contributed by atoms with E-state index in [0.29, 0.717) is 17.9 Å². The number of amides is 1. The van der Waals surface area contributed by atoms with Crippen LogP contribution in [0.5, 0.6) is 0 Å². The van der Waals surface area contributed by atoms with Crippen molar-refractivity contribution in [1.29, 1.82) is 0 Å². The summed E-state index contributed by atoms with van der Waals surface area (Å²) >= 11 is 0. The number of hydrogen-bond donors (Lipinski definition) is 2. The van der Waals surface area contributed by atoms with E-state index in [4.69, 9.17) is 0 Å². The summed E-state index contributed by atoms with van der Waals surface area (Å²) in [4.78, 5) is 12.2. The Hall–Kier alpha value is -3.21. The van der Waals surface area contributed by atoms with Gasteiger partial charge in [0.2, 0.25) is 0 Å². The van der Waals surface area contributed by atoms with Crippen LogP contribution in [0.4, 0.5) is 11.5 Å². The highest BCUT2D eigenvalue weighted by atomic mass is 16.1. The number of carbonyl (C=O) groups is 1. The van der Waals surface area contributed by atoms with Gasteiger partial charge in [-0.2, -0.15) is 0 Å². The van der Waals surface area contributed by atoms with Gasteiger partial charge in [0, 0.05) is 23.4 Å². The number of benzene rings is 2. The molecule has 0 fully saturated rings. The van der Waals surface area contributed by atoms with Crippen LogP contribution in [0.25, 0.3) is 11.3 Å². The lowest BCUT2D eigenvalue weighted by molar-refractivity contribution is 0.0953. The third kappa shape index (κ3) is 5.14. The minimum Gasteiger partial charge on any atom is -0.352 e. The number of rotatable bonds is 7. The van der Waals surface area contributed by atoms with E-state index in [0.717, 1.165) is 29.8 Å². The van der Waals surface area contributed by atoms with Crippen molar-refractivity contribution in [1.82, 2.24) is 15.5 Å². The summed E-state index contributed by atoms with van der Waals surface area (Å²) in [5.41, 5.74) is 4.48. The number of unbranched alkanes of at least 4 members (excludes halogenated alkanes) is 1. The molecular weight excluding hydrogens is 336 g/mol. The van der Waals surface area contributed by atoms with Crippen LogP contribution in [0, 0.1) is 6.92 Å². The van der Waals surface area contributed by atoms with Gasteiger partial charge >= 0.3 is 0 Å². The summed E-state index contributed by atoms with van der Waals surface area (Å²) in [7, 11) is 0. The topological polar surface area (TPSA) is 66.9 Å². The standard InChI is InChI=1S/C22H24N4O/c1-3-4-13-23-22(27)18-9-6-10-19(15-18)24-21-12-11-20(25-26-21)17-8-5-7-16(2)14-17/h5-12,14-15H,3-4,13H2,1-2H3,(H,23,27)(H,24,26). The van der Waals surface area contributed by atoms with Crippen molar-refractivity contribution in [3.05, 3.63) is 71.8 Å². The van der Waals surface area contributed by atoms with Crippen LogP contribution >= 0.6 is 0 Å². The Labute approximate surface area is 159 Å². The Balaban J connectivity index is 1.68. The first-order valence-electron chi connectivity index (χ1n) is 9.22. The Bertz CT molecular complexity index is 906. The molecule has 0 spiro atoms. The highest BCUT2D eigenvalue weighted by Gasteiger charge is 2.07. The summed E-state index contributed by atoms with van der Waals surface area (Å²) in [6, 6.07) is 19.4. The van der Waals surface area contributed by atoms with Crippen molar-refractivity contribution in [3.8, 4) is 11.3 Å². The van der Waals surface area contributed by atoms with Crippen molar-refractivity contribution in [3.63, 3.8) is 0 Å². The Morgan fingerprint density at radius 3 is 2.59 bits per heavy atom. The number of anilines is 2. The first kappa shape index (κ1) is 18.6. The molecule has 2 N–H and O–H groups in total. The molecule has 3 aromatic rings. The first-order valence-corrected chi connectivity index (χ1v) is 9.22. The van der Waals surface area contributed by atoms with E-state index >= 15 is 0 Å². The van der Waals surface area contributed by atoms with Gasteiger partial charge in [0.25, 0.3) is 5.91 Å². The van der Waals surface area contributed by atoms with E-state index in [9.17, 15) is 4.79 Å². The van der Waals surface area contributed by atoms with Gasteiger partial charge < -0.3 is 10.6 Å². The second-order valence-corrected chi connectivity index (χ2v) is 6.49. The van der Waals surface area contributed by atoms with Gasteiger partial charge in [0.15, 0.2) is 5.82 Å². The largest absolute Gasteiger partial charge is 0.352 e. The van der Waals surface area contributed by atoms with Crippen LogP contribution in [0.2, 0.25) is 0 Å². The Morgan fingerprint density at radius 1 is 1.00 bits per heavy atom. The monoisotopic (exact) mass is 360 g/mol. The van der Waals surface area contributed by atoms with Gasteiger partial charge in [-0.1, -0.05) is 43.2 Å². The molecule has 0 bridgehead atoms. The molecule has 138 valence electrons. The van der Waals surface area contributed by atoms with Crippen molar-refractivity contribution in [2.24, 2.45) is 0 Å². The van der Waals surface area contributed by atoms with Crippen LogP contribution in [0.15, 0.2) is 60.7 Å². The molecule has 0 atom stereocenters. The molecule has 5 nitrogen and oxygen atoms in total. The van der Waals surface area contributed by atoms with Gasteiger partial charge in [-0.05, 0) is 49.7 Å². The third-order valence-corrected chi connectivity index (χ3v) is 4.19. The summed E-state index contributed by atoms with van der Waals surface area (Å²) < 4.78 is 0. The zero-order valence-electron chi connectivity index (χ0n) is 15.7. The molecule has 0 saturated heterocycles. The maximum Gasteiger partial charge on any atom is 0.251 e. The van der Waals surface area contributed by atoms with E-state index in [-0.39, 0.29) is 5.91 Å². The summed E-state index contributed by atoms with van der Waals surface area (Å²) in [6.07, 6.45) is 2.03. The maximum absolute atomic E-state index is 12.2. The van der Waals surface area contributed by atoms with Crippen molar-refractivity contribution >= 4 is 17.4 Å². The molecule has 3 rings (SSSR count). The van der Waals surface area contributed by atoms with E-state index in [1.165, 1.54) is 5.56 Å². The number of hydrogen-bond acceptors (Lipinski definition) is 4. The zero-order valence-corrected chi connectivity index (χ0v) is 15.7. The van der Waals surface area contributed by atoms with Crippen molar-refractivity contribution in [2.75, 3.05) is 11.9 Å². The van der Waals surface area contributed by atoms with E-state index < -0.39 is 0 Å². The van der Waals surface area contributed by atoms with Crippen molar-refractivity contribution < 1.29 is 4.79 Å². The lowest BCUT2D eigenvalue weighted by Crippen LogP contribution is -2.24. The van der Waals surface area contributed by atoms with Gasteiger partial charge in [-0.3, -0.25) is 4.79 Å². The average Bonchev–Trinajstić information content (AvgIpc) is 2.69. The van der Waals surface area contributed by atoms with Crippen LogP contribution in [0.1, 0.15) is 35.7 Å². The normalized spacial score (nSPS) is 10.4. The van der Waals surface area contributed by atoms with Crippen molar-refractivity contribution in [2.45, 2.75) is 26.7 Å².